The topological polar surface area (TPSA) is 39.9 Å². The molecule has 0 atom stereocenters. The van der Waals surface area contributed by atoms with Crippen molar-refractivity contribution in [2.45, 2.75) is 46.8 Å². The van der Waals surface area contributed by atoms with Gasteiger partial charge in [-0.2, -0.15) is 0 Å². The number of benzene rings is 1. The second kappa shape index (κ2) is 9.39. The molecule has 1 aliphatic rings. The zero-order valence-electron chi connectivity index (χ0n) is 17.6. The molecule has 0 unspecified atom stereocenters. The fourth-order valence-corrected chi connectivity index (χ4v) is 3.67. The Hall–Kier alpha value is -2.11. The van der Waals surface area contributed by atoms with E-state index in [1.807, 2.05) is 17.0 Å². The smallest absolute Gasteiger partial charge is 0.289 e. The van der Waals surface area contributed by atoms with E-state index in [9.17, 15) is 4.79 Å². The van der Waals surface area contributed by atoms with Gasteiger partial charge in [0.05, 0.1) is 6.54 Å². The summed E-state index contributed by atoms with van der Waals surface area (Å²) in [6, 6.07) is 12.8. The molecule has 1 saturated heterocycles. The fourth-order valence-electron chi connectivity index (χ4n) is 3.67. The Kier molecular flexibility index (Phi) is 6.92. The van der Waals surface area contributed by atoms with Crippen LogP contribution in [0.5, 0.6) is 0 Å². The first-order valence-electron chi connectivity index (χ1n) is 10.4. The van der Waals surface area contributed by atoms with Gasteiger partial charge >= 0.3 is 0 Å². The first-order chi connectivity index (χ1) is 13.5. The molecular formula is C23H33N3O2. The normalized spacial score (nSPS) is 15.6. The number of carbonyl (C=O) groups is 1. The van der Waals surface area contributed by atoms with Crippen molar-refractivity contribution in [2.24, 2.45) is 0 Å². The van der Waals surface area contributed by atoms with Gasteiger partial charge in [-0.25, -0.2) is 0 Å². The molecule has 1 fully saturated rings. The highest BCUT2D eigenvalue weighted by Gasteiger charge is 2.24. The van der Waals surface area contributed by atoms with Crippen molar-refractivity contribution in [3.63, 3.8) is 0 Å². The number of rotatable bonds is 7. The first-order valence-corrected chi connectivity index (χ1v) is 10.4. The van der Waals surface area contributed by atoms with E-state index in [0.717, 1.165) is 45.0 Å². The lowest BCUT2D eigenvalue weighted by atomic mass is 10.1. The van der Waals surface area contributed by atoms with Crippen molar-refractivity contribution in [3.8, 4) is 0 Å². The number of furan rings is 1. The molecule has 0 aliphatic carbocycles. The minimum Gasteiger partial charge on any atom is -0.455 e. The average molecular weight is 384 g/mol. The van der Waals surface area contributed by atoms with E-state index < -0.39 is 0 Å². The minimum absolute atomic E-state index is 0.0109. The van der Waals surface area contributed by atoms with Gasteiger partial charge in [0, 0.05) is 38.8 Å². The summed E-state index contributed by atoms with van der Waals surface area (Å²) in [5.74, 6) is 1.31. The quantitative estimate of drug-likeness (QED) is 0.730. The summed E-state index contributed by atoms with van der Waals surface area (Å²) in [7, 11) is 0. The predicted octanol–water partition coefficient (Wildman–Crippen LogP) is 3.78. The van der Waals surface area contributed by atoms with E-state index in [0.29, 0.717) is 18.3 Å². The molecule has 2 heterocycles. The molecule has 1 amide bonds. The maximum Gasteiger partial charge on any atom is 0.289 e. The molecule has 5 heteroatoms. The molecule has 0 radical (unpaired) electrons. The Labute approximate surface area is 168 Å². The fraction of sp³-hybridized carbons (Fsp3) is 0.522. The van der Waals surface area contributed by atoms with Crippen molar-refractivity contribution in [3.05, 3.63) is 59.0 Å². The van der Waals surface area contributed by atoms with Crippen LogP contribution in [0, 0.1) is 6.92 Å². The number of nitrogens with zero attached hydrogens (tertiary/aromatic N) is 3. The summed E-state index contributed by atoms with van der Waals surface area (Å²) in [5.41, 5.74) is 2.57. The number of amides is 1. The van der Waals surface area contributed by atoms with Crippen LogP contribution in [-0.2, 0) is 13.1 Å². The highest BCUT2D eigenvalue weighted by Crippen LogP contribution is 2.18. The van der Waals surface area contributed by atoms with Gasteiger partial charge in [-0.3, -0.25) is 9.69 Å². The molecule has 0 spiro atoms. The number of piperazine rings is 1. The molecule has 0 saturated carbocycles. The highest BCUT2D eigenvalue weighted by molar-refractivity contribution is 5.91. The SMILES string of the molecule is CCN1CCN(C(=O)c2ccc(CN(Cc3cccc(C)c3)C(C)C)o2)CC1. The van der Waals surface area contributed by atoms with Gasteiger partial charge < -0.3 is 14.2 Å². The van der Waals surface area contributed by atoms with Gasteiger partial charge in [0.25, 0.3) is 5.91 Å². The lowest BCUT2D eigenvalue weighted by Crippen LogP contribution is -2.48. The van der Waals surface area contributed by atoms with Gasteiger partial charge in [-0.05, 0) is 45.0 Å². The summed E-state index contributed by atoms with van der Waals surface area (Å²) < 4.78 is 5.95. The third kappa shape index (κ3) is 5.24. The van der Waals surface area contributed by atoms with E-state index in [1.165, 1.54) is 11.1 Å². The monoisotopic (exact) mass is 383 g/mol. The number of aryl methyl sites for hydroxylation is 1. The Morgan fingerprint density at radius 1 is 1.11 bits per heavy atom. The maximum atomic E-state index is 12.8. The van der Waals surface area contributed by atoms with Crippen LogP contribution in [0.1, 0.15) is 48.2 Å². The van der Waals surface area contributed by atoms with Crippen molar-refractivity contribution < 1.29 is 9.21 Å². The minimum atomic E-state index is 0.0109. The Morgan fingerprint density at radius 2 is 1.86 bits per heavy atom. The van der Waals surface area contributed by atoms with E-state index in [4.69, 9.17) is 4.42 Å². The average Bonchev–Trinajstić information content (AvgIpc) is 3.15. The molecule has 1 aromatic heterocycles. The number of carbonyl (C=O) groups excluding carboxylic acids is 1. The van der Waals surface area contributed by atoms with Crippen LogP contribution < -0.4 is 0 Å². The van der Waals surface area contributed by atoms with Crippen LogP contribution in [0.4, 0.5) is 0 Å². The van der Waals surface area contributed by atoms with Crippen LogP contribution in [0.15, 0.2) is 40.8 Å². The van der Waals surface area contributed by atoms with Crippen molar-refractivity contribution >= 4 is 5.91 Å². The molecule has 0 N–H and O–H groups in total. The van der Waals surface area contributed by atoms with E-state index >= 15 is 0 Å². The van der Waals surface area contributed by atoms with Crippen LogP contribution >= 0.6 is 0 Å². The lowest BCUT2D eigenvalue weighted by Gasteiger charge is -2.33. The standard InChI is InChI=1S/C23H33N3O2/c1-5-24-11-13-25(14-12-24)23(27)22-10-9-21(28-22)17-26(18(2)3)16-20-8-6-7-19(4)15-20/h6-10,15,18H,5,11-14,16-17H2,1-4H3. The number of likely N-dealkylation sites (N-methyl/N-ethyl adjacent to an activating group) is 1. The summed E-state index contributed by atoms with van der Waals surface area (Å²) in [6.45, 7) is 14.7. The van der Waals surface area contributed by atoms with Crippen LogP contribution in [0.3, 0.4) is 0 Å². The maximum absolute atomic E-state index is 12.8. The molecule has 5 nitrogen and oxygen atoms in total. The van der Waals surface area contributed by atoms with Crippen molar-refractivity contribution in [1.29, 1.82) is 0 Å². The summed E-state index contributed by atoms with van der Waals surface area (Å²) >= 11 is 0. The molecule has 2 aromatic rings. The van der Waals surface area contributed by atoms with Crippen molar-refractivity contribution in [2.75, 3.05) is 32.7 Å². The third-order valence-electron chi connectivity index (χ3n) is 5.54. The largest absolute Gasteiger partial charge is 0.455 e. The number of hydrogen-bond acceptors (Lipinski definition) is 4. The second-order valence-corrected chi connectivity index (χ2v) is 7.98. The zero-order chi connectivity index (χ0) is 20.1. The Morgan fingerprint density at radius 3 is 2.50 bits per heavy atom. The van der Waals surface area contributed by atoms with Gasteiger partial charge in [-0.15, -0.1) is 0 Å². The second-order valence-electron chi connectivity index (χ2n) is 7.98. The lowest BCUT2D eigenvalue weighted by molar-refractivity contribution is 0.0608. The van der Waals surface area contributed by atoms with Gasteiger partial charge in [-0.1, -0.05) is 36.8 Å². The number of hydrogen-bond donors (Lipinski definition) is 0. The van der Waals surface area contributed by atoms with E-state index in [-0.39, 0.29) is 5.91 Å². The summed E-state index contributed by atoms with van der Waals surface area (Å²) in [4.78, 5) is 19.4. The molecule has 28 heavy (non-hydrogen) atoms. The van der Waals surface area contributed by atoms with E-state index in [2.05, 4.69) is 61.8 Å². The first kappa shape index (κ1) is 20.6. The molecular weight excluding hydrogens is 350 g/mol. The van der Waals surface area contributed by atoms with Crippen LogP contribution in [-0.4, -0.2) is 59.4 Å². The molecule has 1 aromatic carbocycles. The third-order valence-corrected chi connectivity index (χ3v) is 5.54. The highest BCUT2D eigenvalue weighted by atomic mass is 16.4. The van der Waals surface area contributed by atoms with Crippen LogP contribution in [0.2, 0.25) is 0 Å². The van der Waals surface area contributed by atoms with Gasteiger partial charge in [0.1, 0.15) is 5.76 Å². The van der Waals surface area contributed by atoms with Crippen LogP contribution in [0.25, 0.3) is 0 Å². The van der Waals surface area contributed by atoms with E-state index in [1.54, 1.807) is 0 Å². The Balaban J connectivity index is 1.62. The molecule has 152 valence electrons. The van der Waals surface area contributed by atoms with Crippen molar-refractivity contribution in [1.82, 2.24) is 14.7 Å². The zero-order valence-corrected chi connectivity index (χ0v) is 17.6. The summed E-state index contributed by atoms with van der Waals surface area (Å²) in [5, 5.41) is 0. The molecule has 1 aliphatic heterocycles. The molecule has 0 bridgehead atoms. The van der Waals surface area contributed by atoms with Gasteiger partial charge in [0.15, 0.2) is 5.76 Å². The summed E-state index contributed by atoms with van der Waals surface area (Å²) in [6.07, 6.45) is 0. The predicted molar refractivity (Wildman–Crippen MR) is 112 cm³/mol. The Bertz CT molecular complexity index is 776. The van der Waals surface area contributed by atoms with Gasteiger partial charge in [0.2, 0.25) is 0 Å². The molecule has 3 rings (SSSR count).